The van der Waals surface area contributed by atoms with E-state index in [0.717, 1.165) is 41.5 Å². The average Bonchev–Trinajstić information content (AvgIpc) is 3.26. The highest BCUT2D eigenvalue weighted by molar-refractivity contribution is 7.99. The van der Waals surface area contributed by atoms with E-state index in [9.17, 15) is 14.0 Å². The maximum atomic E-state index is 14.0. The molecule has 0 spiro atoms. The fourth-order valence-electron chi connectivity index (χ4n) is 3.21. The van der Waals surface area contributed by atoms with Gasteiger partial charge in [0.2, 0.25) is 0 Å². The summed E-state index contributed by atoms with van der Waals surface area (Å²) in [5, 5.41) is 3.32. The summed E-state index contributed by atoms with van der Waals surface area (Å²) in [5.74, 6) is 1.26. The number of anilines is 1. The van der Waals surface area contributed by atoms with Crippen molar-refractivity contribution in [3.63, 3.8) is 0 Å². The van der Waals surface area contributed by atoms with Crippen molar-refractivity contribution in [3.8, 4) is 10.6 Å². The molecule has 2 amide bonds. The minimum Gasteiger partial charge on any atom is -0.337 e. The van der Waals surface area contributed by atoms with Gasteiger partial charge in [-0.2, -0.15) is 11.8 Å². The van der Waals surface area contributed by atoms with Crippen molar-refractivity contribution < 1.29 is 14.0 Å². The Hall–Kier alpha value is -2.71. The number of aryl methyl sites for hydroxylation is 1. The van der Waals surface area contributed by atoms with Gasteiger partial charge in [0.15, 0.2) is 0 Å². The highest BCUT2D eigenvalue weighted by atomic mass is 32.2. The van der Waals surface area contributed by atoms with E-state index < -0.39 is 0 Å². The van der Waals surface area contributed by atoms with E-state index in [1.807, 2.05) is 23.6 Å². The number of rotatable bonds is 4. The molecule has 2 heterocycles. The Morgan fingerprint density at radius 3 is 2.63 bits per heavy atom. The van der Waals surface area contributed by atoms with Gasteiger partial charge in [-0.1, -0.05) is 12.1 Å². The van der Waals surface area contributed by atoms with Crippen molar-refractivity contribution in [2.75, 3.05) is 29.9 Å². The van der Waals surface area contributed by atoms with Crippen LogP contribution in [0.2, 0.25) is 0 Å². The fraction of sp³-hybridized carbons (Fsp3) is 0.227. The third kappa shape index (κ3) is 4.39. The Kier molecular flexibility index (Phi) is 6.15. The van der Waals surface area contributed by atoms with Crippen LogP contribution in [-0.2, 0) is 0 Å². The zero-order valence-corrected chi connectivity index (χ0v) is 18.0. The first-order valence-corrected chi connectivity index (χ1v) is 11.5. The summed E-state index contributed by atoms with van der Waals surface area (Å²) in [6.07, 6.45) is 1.45. The van der Waals surface area contributed by atoms with Crippen LogP contribution < -0.4 is 5.32 Å². The van der Waals surface area contributed by atoms with Crippen LogP contribution in [0.25, 0.3) is 10.6 Å². The molecule has 5 nitrogen and oxygen atoms in total. The number of carbonyl (C=O) groups excluding carboxylic acids is 2. The number of carbonyl (C=O) groups is 2. The summed E-state index contributed by atoms with van der Waals surface area (Å²) >= 11 is 2.99. The zero-order valence-electron chi connectivity index (χ0n) is 16.4. The lowest BCUT2D eigenvalue weighted by Crippen LogP contribution is -2.37. The number of nitrogens with zero attached hydrogens (tertiary/aromatic N) is 2. The average molecular weight is 442 g/mol. The number of thioether (sulfide) groups is 1. The molecule has 1 N–H and O–H groups in total. The van der Waals surface area contributed by atoms with Gasteiger partial charge in [0.25, 0.3) is 11.8 Å². The van der Waals surface area contributed by atoms with Gasteiger partial charge in [-0.05, 0) is 42.8 Å². The molecule has 2 aromatic carbocycles. The van der Waals surface area contributed by atoms with E-state index in [2.05, 4.69) is 10.3 Å². The predicted octanol–water partition coefficient (Wildman–Crippen LogP) is 4.70. The van der Waals surface area contributed by atoms with Crippen LogP contribution in [0.3, 0.4) is 0 Å². The number of halogens is 1. The molecule has 1 fully saturated rings. The van der Waals surface area contributed by atoms with Crippen molar-refractivity contribution in [1.29, 1.82) is 0 Å². The molecule has 4 rings (SSSR count). The van der Waals surface area contributed by atoms with Gasteiger partial charge in [-0.15, -0.1) is 11.3 Å². The van der Waals surface area contributed by atoms with Crippen molar-refractivity contribution in [1.82, 2.24) is 9.88 Å². The number of amides is 2. The second-order valence-electron chi connectivity index (χ2n) is 6.90. The molecule has 154 valence electrons. The van der Waals surface area contributed by atoms with E-state index in [-0.39, 0.29) is 17.6 Å². The fourth-order valence-corrected chi connectivity index (χ4v) is 4.95. The van der Waals surface area contributed by atoms with Crippen molar-refractivity contribution in [2.45, 2.75) is 6.92 Å². The van der Waals surface area contributed by atoms with E-state index >= 15 is 0 Å². The standard InChI is InChI=1S/C22H20FN3O2S2/c1-14-12-15(22(28)26-8-10-29-11-9-26)6-7-18(14)25-20(27)19-13-24-21(30-19)16-4-2-3-5-17(16)23/h2-7,12-13H,8-11H2,1H3,(H,25,27). The number of aromatic nitrogens is 1. The first-order chi connectivity index (χ1) is 14.5. The van der Waals surface area contributed by atoms with Crippen molar-refractivity contribution in [3.05, 3.63) is 70.5 Å². The highest BCUT2D eigenvalue weighted by Crippen LogP contribution is 2.28. The maximum Gasteiger partial charge on any atom is 0.267 e. The number of nitrogens with one attached hydrogen (secondary N) is 1. The molecular formula is C22H20FN3O2S2. The molecule has 0 unspecified atom stereocenters. The maximum absolute atomic E-state index is 14.0. The third-order valence-electron chi connectivity index (χ3n) is 4.85. The number of hydrogen-bond donors (Lipinski definition) is 1. The lowest BCUT2D eigenvalue weighted by atomic mass is 10.1. The SMILES string of the molecule is Cc1cc(C(=O)N2CCSCC2)ccc1NC(=O)c1cnc(-c2ccccc2F)s1. The van der Waals surface area contributed by atoms with Gasteiger partial charge in [0.1, 0.15) is 15.7 Å². The molecule has 0 bridgehead atoms. The van der Waals surface area contributed by atoms with Crippen LogP contribution in [0, 0.1) is 12.7 Å². The first kappa shape index (κ1) is 20.6. The van der Waals surface area contributed by atoms with Crippen LogP contribution >= 0.6 is 23.1 Å². The van der Waals surface area contributed by atoms with Gasteiger partial charge in [0, 0.05) is 41.4 Å². The Bertz CT molecular complexity index is 1090. The Balaban J connectivity index is 1.47. The van der Waals surface area contributed by atoms with Gasteiger partial charge in [-0.3, -0.25) is 9.59 Å². The molecule has 30 heavy (non-hydrogen) atoms. The monoisotopic (exact) mass is 441 g/mol. The minimum atomic E-state index is -0.373. The number of benzene rings is 2. The highest BCUT2D eigenvalue weighted by Gasteiger charge is 2.20. The van der Waals surface area contributed by atoms with E-state index in [0.29, 0.717) is 26.7 Å². The van der Waals surface area contributed by atoms with Gasteiger partial charge in [-0.25, -0.2) is 9.37 Å². The molecule has 1 aromatic heterocycles. The first-order valence-electron chi connectivity index (χ1n) is 9.52. The molecule has 0 radical (unpaired) electrons. The molecule has 8 heteroatoms. The summed E-state index contributed by atoms with van der Waals surface area (Å²) < 4.78 is 14.0. The summed E-state index contributed by atoms with van der Waals surface area (Å²) in [6, 6.07) is 11.6. The Labute approximate surface area is 182 Å². The summed E-state index contributed by atoms with van der Waals surface area (Å²) in [5.41, 5.74) is 2.43. The number of thiazole rings is 1. The molecule has 3 aromatic rings. The van der Waals surface area contributed by atoms with Gasteiger partial charge < -0.3 is 10.2 Å². The largest absolute Gasteiger partial charge is 0.337 e. The lowest BCUT2D eigenvalue weighted by molar-refractivity contribution is 0.0772. The van der Waals surface area contributed by atoms with Crippen LogP contribution in [0.4, 0.5) is 10.1 Å². The van der Waals surface area contributed by atoms with Crippen molar-refractivity contribution in [2.24, 2.45) is 0 Å². The summed E-state index contributed by atoms with van der Waals surface area (Å²) in [7, 11) is 0. The number of hydrogen-bond acceptors (Lipinski definition) is 5. The van der Waals surface area contributed by atoms with Crippen LogP contribution in [0.1, 0.15) is 25.6 Å². The molecule has 1 aliphatic rings. The topological polar surface area (TPSA) is 62.3 Å². The Morgan fingerprint density at radius 2 is 1.90 bits per heavy atom. The Morgan fingerprint density at radius 1 is 1.13 bits per heavy atom. The summed E-state index contributed by atoms with van der Waals surface area (Å²) in [4.78, 5) is 31.8. The predicted molar refractivity (Wildman–Crippen MR) is 120 cm³/mol. The molecule has 0 atom stereocenters. The third-order valence-corrected chi connectivity index (χ3v) is 6.83. The minimum absolute atomic E-state index is 0.0215. The summed E-state index contributed by atoms with van der Waals surface area (Å²) in [6.45, 7) is 3.38. The van der Waals surface area contributed by atoms with Gasteiger partial charge >= 0.3 is 0 Å². The normalized spacial score (nSPS) is 13.9. The second kappa shape index (κ2) is 8.97. The van der Waals surface area contributed by atoms with Crippen LogP contribution in [0.15, 0.2) is 48.7 Å². The quantitative estimate of drug-likeness (QED) is 0.638. The smallest absolute Gasteiger partial charge is 0.267 e. The molecular weight excluding hydrogens is 421 g/mol. The zero-order chi connectivity index (χ0) is 21.1. The van der Waals surface area contributed by atoms with E-state index in [4.69, 9.17) is 0 Å². The van der Waals surface area contributed by atoms with Gasteiger partial charge in [0.05, 0.1) is 6.20 Å². The second-order valence-corrected chi connectivity index (χ2v) is 9.15. The van der Waals surface area contributed by atoms with Crippen molar-refractivity contribution >= 4 is 40.6 Å². The lowest BCUT2D eigenvalue weighted by Gasteiger charge is -2.26. The molecule has 0 aliphatic carbocycles. The van der Waals surface area contributed by atoms with Crippen LogP contribution in [0.5, 0.6) is 0 Å². The molecule has 0 saturated carbocycles. The van der Waals surface area contributed by atoms with Crippen LogP contribution in [-0.4, -0.2) is 46.3 Å². The van der Waals surface area contributed by atoms with E-state index in [1.165, 1.54) is 12.3 Å². The van der Waals surface area contributed by atoms with E-state index in [1.54, 1.807) is 36.4 Å². The molecule has 1 saturated heterocycles. The molecule has 1 aliphatic heterocycles.